The number of carbonyl (C=O) groups excluding carboxylic acids is 1. The van der Waals surface area contributed by atoms with Crippen LogP contribution in [0.4, 0.5) is 0 Å². The largest absolute Gasteiger partial charge is 0.383 e. The molecule has 0 saturated carbocycles. The molecule has 2 saturated heterocycles. The SMILES string of the molecule is CN=C(NCCCOCC1CCOC1)N1CCN(CC(=O)NCCOC)CC1. The van der Waals surface area contributed by atoms with E-state index < -0.39 is 0 Å². The summed E-state index contributed by atoms with van der Waals surface area (Å²) in [7, 11) is 3.44. The molecule has 0 aliphatic carbocycles. The van der Waals surface area contributed by atoms with E-state index in [4.69, 9.17) is 14.2 Å². The Morgan fingerprint density at radius 1 is 1.18 bits per heavy atom. The van der Waals surface area contributed by atoms with Crippen LogP contribution in [0.3, 0.4) is 0 Å². The van der Waals surface area contributed by atoms with E-state index in [1.165, 1.54) is 0 Å². The van der Waals surface area contributed by atoms with Gasteiger partial charge in [0.15, 0.2) is 5.96 Å². The van der Waals surface area contributed by atoms with Crippen LogP contribution < -0.4 is 10.6 Å². The molecule has 0 spiro atoms. The van der Waals surface area contributed by atoms with Gasteiger partial charge >= 0.3 is 0 Å². The molecule has 2 aliphatic heterocycles. The smallest absolute Gasteiger partial charge is 0.234 e. The third-order valence-corrected chi connectivity index (χ3v) is 5.01. The van der Waals surface area contributed by atoms with Crippen molar-refractivity contribution >= 4 is 11.9 Å². The number of aliphatic imine (C=N–C) groups is 1. The summed E-state index contributed by atoms with van der Waals surface area (Å²) >= 11 is 0. The Morgan fingerprint density at radius 2 is 2.00 bits per heavy atom. The van der Waals surface area contributed by atoms with Crippen molar-refractivity contribution in [1.82, 2.24) is 20.4 Å². The molecule has 162 valence electrons. The lowest BCUT2D eigenvalue weighted by Gasteiger charge is -2.36. The monoisotopic (exact) mass is 399 g/mol. The number of guanidine groups is 1. The van der Waals surface area contributed by atoms with Crippen molar-refractivity contribution in [3.8, 4) is 0 Å². The van der Waals surface area contributed by atoms with Crippen LogP contribution in [0.1, 0.15) is 12.8 Å². The van der Waals surface area contributed by atoms with Crippen LogP contribution in [0, 0.1) is 5.92 Å². The lowest BCUT2D eigenvalue weighted by molar-refractivity contribution is -0.122. The Hall–Kier alpha value is -1.42. The van der Waals surface area contributed by atoms with Crippen LogP contribution in [0.2, 0.25) is 0 Å². The van der Waals surface area contributed by atoms with Gasteiger partial charge < -0.3 is 29.7 Å². The molecule has 0 aromatic carbocycles. The van der Waals surface area contributed by atoms with Crippen molar-refractivity contribution in [1.29, 1.82) is 0 Å². The molecular weight excluding hydrogens is 362 g/mol. The Bertz CT molecular complexity index is 463. The third-order valence-electron chi connectivity index (χ3n) is 5.01. The minimum Gasteiger partial charge on any atom is -0.383 e. The number of nitrogens with one attached hydrogen (secondary N) is 2. The van der Waals surface area contributed by atoms with Gasteiger partial charge in [-0.05, 0) is 12.8 Å². The van der Waals surface area contributed by atoms with Crippen LogP contribution >= 0.6 is 0 Å². The van der Waals surface area contributed by atoms with E-state index in [-0.39, 0.29) is 5.91 Å². The van der Waals surface area contributed by atoms with Crippen LogP contribution in [0.15, 0.2) is 4.99 Å². The molecular formula is C19H37N5O4. The molecule has 2 fully saturated rings. The zero-order valence-corrected chi connectivity index (χ0v) is 17.5. The predicted molar refractivity (Wildman–Crippen MR) is 109 cm³/mol. The fraction of sp³-hybridized carbons (Fsp3) is 0.895. The summed E-state index contributed by atoms with van der Waals surface area (Å²) in [4.78, 5) is 20.7. The molecule has 0 aromatic heterocycles. The molecule has 2 N–H and O–H groups in total. The highest BCUT2D eigenvalue weighted by molar-refractivity contribution is 5.80. The zero-order chi connectivity index (χ0) is 20.0. The summed E-state index contributed by atoms with van der Waals surface area (Å²) in [5, 5.41) is 6.28. The number of rotatable bonds is 11. The lowest BCUT2D eigenvalue weighted by atomic mass is 10.1. The molecule has 1 amide bonds. The van der Waals surface area contributed by atoms with Crippen molar-refractivity contribution in [2.75, 3.05) is 93.0 Å². The molecule has 9 heteroatoms. The Balaban J connectivity index is 1.53. The first-order valence-corrected chi connectivity index (χ1v) is 10.3. The summed E-state index contributed by atoms with van der Waals surface area (Å²) in [6, 6.07) is 0. The van der Waals surface area contributed by atoms with E-state index >= 15 is 0 Å². The van der Waals surface area contributed by atoms with E-state index in [9.17, 15) is 4.79 Å². The van der Waals surface area contributed by atoms with Gasteiger partial charge in [-0.1, -0.05) is 0 Å². The number of carbonyl (C=O) groups is 1. The maximum absolute atomic E-state index is 11.9. The zero-order valence-electron chi connectivity index (χ0n) is 17.5. The maximum Gasteiger partial charge on any atom is 0.234 e. The van der Waals surface area contributed by atoms with Gasteiger partial charge in [-0.3, -0.25) is 14.7 Å². The quantitative estimate of drug-likeness (QED) is 0.272. The topological polar surface area (TPSA) is 87.7 Å². The summed E-state index contributed by atoms with van der Waals surface area (Å²) in [6.07, 6.45) is 2.07. The van der Waals surface area contributed by atoms with Crippen molar-refractivity contribution < 1.29 is 19.0 Å². The van der Waals surface area contributed by atoms with Gasteiger partial charge in [-0.15, -0.1) is 0 Å². The molecule has 0 radical (unpaired) electrons. The fourth-order valence-corrected chi connectivity index (χ4v) is 3.34. The third kappa shape index (κ3) is 8.72. The number of piperazine rings is 1. The summed E-state index contributed by atoms with van der Waals surface area (Å²) in [5.74, 6) is 1.55. The molecule has 28 heavy (non-hydrogen) atoms. The highest BCUT2D eigenvalue weighted by Gasteiger charge is 2.21. The maximum atomic E-state index is 11.9. The summed E-state index contributed by atoms with van der Waals surface area (Å²) in [5.41, 5.74) is 0. The minimum absolute atomic E-state index is 0.0529. The summed E-state index contributed by atoms with van der Waals surface area (Å²) in [6.45, 7) is 9.09. The van der Waals surface area contributed by atoms with Gasteiger partial charge in [0.25, 0.3) is 0 Å². The van der Waals surface area contributed by atoms with Crippen molar-refractivity contribution in [2.24, 2.45) is 10.9 Å². The number of ether oxygens (including phenoxy) is 3. The fourth-order valence-electron chi connectivity index (χ4n) is 3.34. The molecule has 1 unspecified atom stereocenters. The van der Waals surface area contributed by atoms with E-state index in [2.05, 4.69) is 25.4 Å². The number of hydrogen-bond donors (Lipinski definition) is 2. The Morgan fingerprint density at radius 3 is 2.68 bits per heavy atom. The van der Waals surface area contributed by atoms with Crippen LogP contribution in [-0.4, -0.2) is 115 Å². The van der Waals surface area contributed by atoms with Gasteiger partial charge in [0.05, 0.1) is 26.4 Å². The molecule has 0 bridgehead atoms. The van der Waals surface area contributed by atoms with Gasteiger partial charge in [-0.2, -0.15) is 0 Å². The summed E-state index contributed by atoms with van der Waals surface area (Å²) < 4.78 is 16.0. The molecule has 2 heterocycles. The van der Waals surface area contributed by atoms with Crippen LogP contribution in [-0.2, 0) is 19.0 Å². The molecule has 2 aliphatic rings. The van der Waals surface area contributed by atoms with E-state index in [1.807, 2.05) is 7.05 Å². The van der Waals surface area contributed by atoms with E-state index in [0.717, 1.165) is 78.0 Å². The van der Waals surface area contributed by atoms with Crippen LogP contribution in [0.25, 0.3) is 0 Å². The lowest BCUT2D eigenvalue weighted by Crippen LogP contribution is -2.54. The Kier molecular flexibility index (Phi) is 11.2. The second-order valence-electron chi connectivity index (χ2n) is 7.24. The Labute approximate surface area is 168 Å². The average molecular weight is 400 g/mol. The standard InChI is InChI=1S/C19H37N5O4/c1-20-19(22-5-3-11-27-15-17-4-12-28-16-17)24-9-7-23(8-10-24)14-18(25)21-6-13-26-2/h17H,3-16H2,1-2H3,(H,20,22)(H,21,25). The second-order valence-corrected chi connectivity index (χ2v) is 7.24. The van der Waals surface area contributed by atoms with Gasteiger partial charge in [0.1, 0.15) is 0 Å². The van der Waals surface area contributed by atoms with Gasteiger partial charge in [-0.25, -0.2) is 0 Å². The van der Waals surface area contributed by atoms with E-state index in [0.29, 0.717) is 25.6 Å². The second kappa shape index (κ2) is 13.7. The number of amides is 1. The highest BCUT2D eigenvalue weighted by Crippen LogP contribution is 2.12. The average Bonchev–Trinajstić information content (AvgIpc) is 3.22. The number of nitrogens with zero attached hydrogens (tertiary/aromatic N) is 3. The van der Waals surface area contributed by atoms with E-state index in [1.54, 1.807) is 7.11 Å². The number of hydrogen-bond acceptors (Lipinski definition) is 6. The first kappa shape index (κ1) is 22.9. The highest BCUT2D eigenvalue weighted by atomic mass is 16.5. The van der Waals surface area contributed by atoms with Crippen molar-refractivity contribution in [3.05, 3.63) is 0 Å². The van der Waals surface area contributed by atoms with Gasteiger partial charge in [0, 0.05) is 72.6 Å². The predicted octanol–water partition coefficient (Wildman–Crippen LogP) is -0.615. The van der Waals surface area contributed by atoms with Gasteiger partial charge in [0.2, 0.25) is 5.91 Å². The molecule has 2 rings (SSSR count). The normalized spacial score (nSPS) is 21.1. The van der Waals surface area contributed by atoms with Crippen molar-refractivity contribution in [3.63, 3.8) is 0 Å². The first-order chi connectivity index (χ1) is 13.7. The first-order valence-electron chi connectivity index (χ1n) is 10.3. The molecule has 9 nitrogen and oxygen atoms in total. The molecule has 1 atom stereocenters. The molecule has 0 aromatic rings. The van der Waals surface area contributed by atoms with Crippen LogP contribution in [0.5, 0.6) is 0 Å². The van der Waals surface area contributed by atoms with Crippen molar-refractivity contribution in [2.45, 2.75) is 12.8 Å². The minimum atomic E-state index is 0.0529. The number of methoxy groups -OCH3 is 1.